The van der Waals surface area contributed by atoms with E-state index < -0.39 is 17.8 Å². The second kappa shape index (κ2) is 6.27. The Kier molecular flexibility index (Phi) is 6.76. The molecule has 0 atom stereocenters. The quantitative estimate of drug-likeness (QED) is 0.658. The van der Waals surface area contributed by atoms with Crippen LogP contribution in [0.3, 0.4) is 0 Å². The normalized spacial score (nSPS) is 9.80. The summed E-state index contributed by atoms with van der Waals surface area (Å²) in [5.41, 5.74) is -1.16. The number of alkyl halides is 3. The van der Waals surface area contributed by atoms with Crippen molar-refractivity contribution in [3.05, 3.63) is 24.4 Å². The van der Waals surface area contributed by atoms with Gasteiger partial charge in [0.25, 0.3) is 5.91 Å². The summed E-state index contributed by atoms with van der Waals surface area (Å²) in [7, 11) is 1.01. The number of nitrogens with zero attached hydrogens (tertiary/aromatic N) is 1. The Morgan fingerprint density at radius 1 is 1.20 bits per heavy atom. The number of allylic oxidation sites excluding steroid dienone is 1. The van der Waals surface area contributed by atoms with Gasteiger partial charge in [0.05, 0.1) is 0 Å². The average molecular weight is 223 g/mol. The van der Waals surface area contributed by atoms with Crippen molar-refractivity contribution in [2.75, 3.05) is 7.05 Å². The summed E-state index contributed by atoms with van der Waals surface area (Å²) in [5, 5.41) is 0. The maximum Gasteiger partial charge on any atom is 0.430 e. The van der Waals surface area contributed by atoms with Gasteiger partial charge in [0.15, 0.2) is 0 Å². The number of halogens is 3. The van der Waals surface area contributed by atoms with Crippen LogP contribution in [0.4, 0.5) is 13.2 Å². The Morgan fingerprint density at radius 3 is 1.73 bits per heavy atom. The molecule has 0 radical (unpaired) electrons. The molecule has 0 aromatic heterocycles. The van der Waals surface area contributed by atoms with Gasteiger partial charge in [0.1, 0.15) is 5.70 Å². The standard InChI is InChI=1S/C8H10F3NO.C2H6/c1-5(2)7(13)12(4)6(3)8(9,10)11;1-2/h1,3H2,2,4H3;1-2H3. The smallest absolute Gasteiger partial charge is 0.308 e. The lowest BCUT2D eigenvalue weighted by molar-refractivity contribution is -0.136. The minimum absolute atomic E-state index is 0.0351. The molecule has 0 rings (SSSR count). The summed E-state index contributed by atoms with van der Waals surface area (Å²) >= 11 is 0. The van der Waals surface area contributed by atoms with Crippen LogP contribution < -0.4 is 0 Å². The van der Waals surface area contributed by atoms with Gasteiger partial charge in [-0.1, -0.05) is 27.0 Å². The van der Waals surface area contributed by atoms with Crippen LogP contribution in [0, 0.1) is 0 Å². The van der Waals surface area contributed by atoms with Crippen LogP contribution >= 0.6 is 0 Å². The molecule has 1 amide bonds. The molecule has 0 aliphatic rings. The summed E-state index contributed by atoms with van der Waals surface area (Å²) in [6.45, 7) is 11.3. The first-order valence-corrected chi connectivity index (χ1v) is 4.37. The zero-order chi connectivity index (χ0) is 12.8. The van der Waals surface area contributed by atoms with Gasteiger partial charge in [-0.15, -0.1) is 0 Å². The molecule has 0 aromatic carbocycles. The molecule has 0 bridgehead atoms. The second-order valence-electron chi connectivity index (χ2n) is 2.59. The Morgan fingerprint density at radius 2 is 1.53 bits per heavy atom. The van der Waals surface area contributed by atoms with E-state index in [-0.39, 0.29) is 5.57 Å². The van der Waals surface area contributed by atoms with Gasteiger partial charge in [-0.25, -0.2) is 0 Å². The van der Waals surface area contributed by atoms with Crippen molar-refractivity contribution in [3.63, 3.8) is 0 Å². The molecule has 0 fully saturated rings. The molecule has 0 saturated heterocycles. The average Bonchev–Trinajstić information content (AvgIpc) is 2.16. The third-order valence-electron chi connectivity index (χ3n) is 1.40. The monoisotopic (exact) mass is 223 g/mol. The molecule has 0 N–H and O–H groups in total. The number of likely N-dealkylation sites (N-methyl/N-ethyl adjacent to an activating group) is 1. The fourth-order valence-electron chi connectivity index (χ4n) is 0.599. The van der Waals surface area contributed by atoms with Crippen molar-refractivity contribution in [2.45, 2.75) is 26.9 Å². The van der Waals surface area contributed by atoms with Crippen molar-refractivity contribution in [2.24, 2.45) is 0 Å². The van der Waals surface area contributed by atoms with Gasteiger partial charge in [-0.05, 0) is 6.92 Å². The van der Waals surface area contributed by atoms with Gasteiger partial charge in [-0.2, -0.15) is 13.2 Å². The van der Waals surface area contributed by atoms with Gasteiger partial charge in [-0.3, -0.25) is 4.79 Å². The second-order valence-corrected chi connectivity index (χ2v) is 2.59. The molecule has 0 aliphatic heterocycles. The van der Waals surface area contributed by atoms with Gasteiger partial charge in [0, 0.05) is 12.6 Å². The summed E-state index contributed by atoms with van der Waals surface area (Å²) in [6.07, 6.45) is -4.58. The highest BCUT2D eigenvalue weighted by molar-refractivity contribution is 5.93. The first-order chi connectivity index (χ1) is 6.68. The molecule has 5 heteroatoms. The third kappa shape index (κ3) is 5.24. The van der Waals surface area contributed by atoms with Gasteiger partial charge in [0.2, 0.25) is 0 Å². The molecular formula is C10H16F3NO. The van der Waals surface area contributed by atoms with Crippen LogP contribution in [0.25, 0.3) is 0 Å². The SMILES string of the molecule is C=C(C)C(=O)N(C)C(=C)C(F)(F)F.CC. The lowest BCUT2D eigenvalue weighted by Crippen LogP contribution is -2.33. The van der Waals surface area contributed by atoms with Gasteiger partial charge >= 0.3 is 6.18 Å². The largest absolute Gasteiger partial charge is 0.430 e. The van der Waals surface area contributed by atoms with E-state index in [1.165, 1.54) is 6.92 Å². The molecule has 0 spiro atoms. The summed E-state index contributed by atoms with van der Waals surface area (Å²) < 4.78 is 36.0. The predicted molar refractivity (Wildman–Crippen MR) is 54.1 cm³/mol. The molecule has 15 heavy (non-hydrogen) atoms. The third-order valence-corrected chi connectivity index (χ3v) is 1.40. The van der Waals surface area contributed by atoms with E-state index in [1.54, 1.807) is 0 Å². The number of rotatable bonds is 2. The molecule has 2 nitrogen and oxygen atoms in total. The van der Waals surface area contributed by atoms with Crippen molar-refractivity contribution >= 4 is 5.91 Å². The summed E-state index contributed by atoms with van der Waals surface area (Å²) in [4.78, 5) is 11.4. The maximum atomic E-state index is 12.0. The Hall–Kier alpha value is -1.26. The highest BCUT2D eigenvalue weighted by Gasteiger charge is 2.36. The first kappa shape index (κ1) is 16.2. The minimum Gasteiger partial charge on any atom is -0.308 e. The molecular weight excluding hydrogens is 207 g/mol. The number of hydrogen-bond acceptors (Lipinski definition) is 1. The fraction of sp³-hybridized carbons (Fsp3) is 0.500. The van der Waals surface area contributed by atoms with Crippen molar-refractivity contribution in [3.8, 4) is 0 Å². The maximum absolute atomic E-state index is 12.0. The van der Waals surface area contributed by atoms with Crippen LogP contribution in [-0.4, -0.2) is 24.0 Å². The first-order valence-electron chi connectivity index (χ1n) is 4.37. The highest BCUT2D eigenvalue weighted by atomic mass is 19.4. The fourth-order valence-corrected chi connectivity index (χ4v) is 0.599. The number of hydrogen-bond donors (Lipinski definition) is 0. The Balaban J connectivity index is 0. The number of carbonyl (C=O) groups is 1. The zero-order valence-electron chi connectivity index (χ0n) is 9.40. The van der Waals surface area contributed by atoms with E-state index in [1.807, 2.05) is 13.8 Å². The Bertz CT molecular complexity index is 256. The molecule has 0 aliphatic carbocycles. The molecule has 0 aromatic rings. The van der Waals surface area contributed by atoms with Crippen LogP contribution in [0.2, 0.25) is 0 Å². The molecule has 0 unspecified atom stereocenters. The van der Waals surface area contributed by atoms with Crippen molar-refractivity contribution in [1.29, 1.82) is 0 Å². The lowest BCUT2D eigenvalue weighted by Gasteiger charge is -2.21. The van der Waals surface area contributed by atoms with E-state index in [9.17, 15) is 18.0 Å². The zero-order valence-corrected chi connectivity index (χ0v) is 9.40. The van der Waals surface area contributed by atoms with E-state index in [0.717, 1.165) is 7.05 Å². The van der Waals surface area contributed by atoms with E-state index in [2.05, 4.69) is 13.2 Å². The van der Waals surface area contributed by atoms with Crippen LogP contribution in [0.1, 0.15) is 20.8 Å². The van der Waals surface area contributed by atoms with Gasteiger partial charge < -0.3 is 4.90 Å². The van der Waals surface area contributed by atoms with Crippen molar-refractivity contribution in [1.82, 2.24) is 4.90 Å². The van der Waals surface area contributed by atoms with E-state index in [0.29, 0.717) is 4.90 Å². The van der Waals surface area contributed by atoms with E-state index >= 15 is 0 Å². The summed E-state index contributed by atoms with van der Waals surface area (Å²) in [5.74, 6) is -0.790. The number of carbonyl (C=O) groups excluding carboxylic acids is 1. The lowest BCUT2D eigenvalue weighted by atomic mass is 10.3. The van der Waals surface area contributed by atoms with Crippen molar-refractivity contribution < 1.29 is 18.0 Å². The molecule has 88 valence electrons. The summed E-state index contributed by atoms with van der Waals surface area (Å²) in [6, 6.07) is 0. The predicted octanol–water partition coefficient (Wildman–Crippen LogP) is 3.12. The minimum atomic E-state index is -4.58. The number of amides is 1. The molecule has 0 saturated carbocycles. The Labute approximate surface area is 88.1 Å². The van der Waals surface area contributed by atoms with Crippen LogP contribution in [0.15, 0.2) is 24.4 Å². The van der Waals surface area contributed by atoms with Crippen LogP contribution in [0.5, 0.6) is 0 Å². The topological polar surface area (TPSA) is 20.3 Å². The van der Waals surface area contributed by atoms with E-state index in [4.69, 9.17) is 0 Å². The van der Waals surface area contributed by atoms with Crippen LogP contribution in [-0.2, 0) is 4.79 Å². The highest BCUT2D eigenvalue weighted by Crippen LogP contribution is 2.26. The molecule has 0 heterocycles.